The lowest BCUT2D eigenvalue weighted by Crippen LogP contribution is -2.35. The second-order valence-corrected chi connectivity index (χ2v) is 6.46. The van der Waals surface area contributed by atoms with E-state index in [1.807, 2.05) is 4.90 Å². The number of fused-ring (bicyclic) bond motifs is 1. The summed E-state index contributed by atoms with van der Waals surface area (Å²) in [7, 11) is 0. The van der Waals surface area contributed by atoms with Crippen LogP contribution in [0.3, 0.4) is 0 Å². The van der Waals surface area contributed by atoms with Crippen molar-refractivity contribution < 1.29 is 20.1 Å². The van der Waals surface area contributed by atoms with Crippen LogP contribution in [0.1, 0.15) is 25.5 Å². The van der Waals surface area contributed by atoms with Crippen LogP contribution in [0, 0.1) is 0 Å². The largest absolute Gasteiger partial charge is 0.394 e. The first-order valence-corrected chi connectivity index (χ1v) is 8.45. The zero-order chi connectivity index (χ0) is 17.6. The number of aliphatic hydroxyl groups is 3. The molecule has 1 unspecified atom stereocenters. The summed E-state index contributed by atoms with van der Waals surface area (Å²) in [4.78, 5) is 25.3. The Bertz CT molecular complexity index is 814. The minimum atomic E-state index is -1.26. The van der Waals surface area contributed by atoms with Crippen molar-refractivity contribution in [3.05, 3.63) is 16.7 Å². The maximum Gasteiger partial charge on any atom is 0.278 e. The fourth-order valence-corrected chi connectivity index (χ4v) is 3.55. The van der Waals surface area contributed by atoms with Crippen LogP contribution in [0.25, 0.3) is 11.2 Å². The molecule has 4 rings (SSSR count). The summed E-state index contributed by atoms with van der Waals surface area (Å²) in [6.45, 7) is 1.13. The highest BCUT2D eigenvalue weighted by Crippen LogP contribution is 2.35. The number of piperidine rings is 1. The molecule has 0 aromatic carbocycles. The molecule has 136 valence electrons. The van der Waals surface area contributed by atoms with Crippen LogP contribution in [0.4, 0.5) is 5.95 Å². The summed E-state index contributed by atoms with van der Waals surface area (Å²) in [5.41, 5.74) is 0.0497. The van der Waals surface area contributed by atoms with Gasteiger partial charge < -0.3 is 29.9 Å². The van der Waals surface area contributed by atoms with E-state index in [1.165, 1.54) is 6.33 Å². The third-order valence-corrected chi connectivity index (χ3v) is 4.88. The summed E-state index contributed by atoms with van der Waals surface area (Å²) in [6, 6.07) is 0. The Labute approximate surface area is 142 Å². The second kappa shape index (κ2) is 6.37. The molecule has 25 heavy (non-hydrogen) atoms. The molecular weight excluding hydrogens is 330 g/mol. The molecule has 0 spiro atoms. The Morgan fingerprint density at radius 2 is 2.00 bits per heavy atom. The van der Waals surface area contributed by atoms with Gasteiger partial charge in [0, 0.05) is 13.1 Å². The second-order valence-electron chi connectivity index (χ2n) is 6.46. The predicted molar refractivity (Wildman–Crippen MR) is 87.2 cm³/mol. The van der Waals surface area contributed by atoms with E-state index < -0.39 is 31.1 Å². The van der Waals surface area contributed by atoms with Crippen LogP contribution < -0.4 is 10.5 Å². The van der Waals surface area contributed by atoms with Crippen LogP contribution in [0.2, 0.25) is 0 Å². The van der Waals surface area contributed by atoms with Gasteiger partial charge in [0.25, 0.3) is 5.56 Å². The Hall–Kier alpha value is -2.01. The highest BCUT2D eigenvalue weighted by atomic mass is 16.6. The number of nitrogens with zero attached hydrogens (tertiary/aromatic N) is 4. The maximum atomic E-state index is 12.1. The molecule has 4 N–H and O–H groups in total. The van der Waals surface area contributed by atoms with Crippen molar-refractivity contribution in [3.8, 4) is 0 Å². The molecule has 0 amide bonds. The minimum absolute atomic E-state index is 0.154. The average molecular weight is 351 g/mol. The van der Waals surface area contributed by atoms with Crippen LogP contribution in [0.15, 0.2) is 11.1 Å². The minimum Gasteiger partial charge on any atom is -0.394 e. The van der Waals surface area contributed by atoms with Gasteiger partial charge in [0.05, 0.1) is 12.9 Å². The molecule has 2 aromatic rings. The van der Waals surface area contributed by atoms with E-state index in [-0.39, 0.29) is 16.7 Å². The van der Waals surface area contributed by atoms with Gasteiger partial charge in [-0.15, -0.1) is 0 Å². The monoisotopic (exact) mass is 351 g/mol. The predicted octanol–water partition coefficient (Wildman–Crippen LogP) is -1.28. The Morgan fingerprint density at radius 3 is 2.68 bits per heavy atom. The molecule has 0 bridgehead atoms. The standard InChI is InChI=1S/C15H21N5O5/c21-6-8-10(22)11(23)14(25-8)20-12-9(13(24)17-7-16-12)18-15(20)19-4-2-1-3-5-19/h7-8,10-11,14,21-23H,1-6H2,(H,16,17,24)/t8-,10-,11-,14?/m0/s1. The zero-order valence-electron chi connectivity index (χ0n) is 13.6. The van der Waals surface area contributed by atoms with Crippen molar-refractivity contribution in [1.29, 1.82) is 0 Å². The van der Waals surface area contributed by atoms with Crippen molar-refractivity contribution in [2.24, 2.45) is 0 Å². The van der Waals surface area contributed by atoms with E-state index in [9.17, 15) is 20.1 Å². The van der Waals surface area contributed by atoms with E-state index in [4.69, 9.17) is 4.74 Å². The lowest BCUT2D eigenvalue weighted by molar-refractivity contribution is -0.0504. The number of imidazole rings is 1. The van der Waals surface area contributed by atoms with Crippen LogP contribution >= 0.6 is 0 Å². The lowest BCUT2D eigenvalue weighted by Gasteiger charge is -2.30. The van der Waals surface area contributed by atoms with Gasteiger partial charge in [0.2, 0.25) is 5.95 Å². The third kappa shape index (κ3) is 2.61. The number of rotatable bonds is 3. The van der Waals surface area contributed by atoms with E-state index in [2.05, 4.69) is 15.0 Å². The summed E-state index contributed by atoms with van der Waals surface area (Å²) >= 11 is 0. The Balaban J connectivity index is 1.86. The molecule has 10 nitrogen and oxygen atoms in total. The molecule has 2 aliphatic rings. The fraction of sp³-hybridized carbons (Fsp3) is 0.667. The van der Waals surface area contributed by atoms with Gasteiger partial charge in [-0.1, -0.05) is 0 Å². The summed E-state index contributed by atoms with van der Waals surface area (Å²) in [5.74, 6) is 0.480. The zero-order valence-corrected chi connectivity index (χ0v) is 13.6. The number of ether oxygens (including phenoxy) is 1. The van der Waals surface area contributed by atoms with Crippen molar-refractivity contribution in [1.82, 2.24) is 19.5 Å². The van der Waals surface area contributed by atoms with Crippen molar-refractivity contribution >= 4 is 17.1 Å². The molecule has 4 heterocycles. The molecule has 0 saturated carbocycles. The molecular formula is C15H21N5O5. The Kier molecular flexibility index (Phi) is 4.20. The van der Waals surface area contributed by atoms with Crippen LogP contribution in [0.5, 0.6) is 0 Å². The average Bonchev–Trinajstić information content (AvgIpc) is 3.15. The molecule has 0 radical (unpaired) electrons. The first-order chi connectivity index (χ1) is 12.1. The molecule has 2 aliphatic heterocycles. The first kappa shape index (κ1) is 16.5. The summed E-state index contributed by atoms with van der Waals surface area (Å²) in [5, 5.41) is 29.8. The molecule has 2 fully saturated rings. The van der Waals surface area contributed by atoms with Gasteiger partial charge in [0.15, 0.2) is 17.4 Å². The number of aromatic nitrogens is 4. The fourth-order valence-electron chi connectivity index (χ4n) is 3.55. The number of anilines is 1. The van der Waals surface area contributed by atoms with Gasteiger partial charge in [0.1, 0.15) is 18.3 Å². The van der Waals surface area contributed by atoms with Gasteiger partial charge >= 0.3 is 0 Å². The Morgan fingerprint density at radius 1 is 1.24 bits per heavy atom. The van der Waals surface area contributed by atoms with E-state index in [0.29, 0.717) is 5.95 Å². The molecule has 2 saturated heterocycles. The number of hydrogen-bond donors (Lipinski definition) is 4. The van der Waals surface area contributed by atoms with Crippen LogP contribution in [-0.4, -0.2) is 72.8 Å². The number of aromatic amines is 1. The van der Waals surface area contributed by atoms with Gasteiger partial charge in [-0.05, 0) is 19.3 Å². The number of hydrogen-bond acceptors (Lipinski definition) is 8. The normalized spacial score (nSPS) is 30.3. The van der Waals surface area contributed by atoms with Crippen LogP contribution in [-0.2, 0) is 4.74 Å². The third-order valence-electron chi connectivity index (χ3n) is 4.88. The SMILES string of the molecule is O=c1[nH]cnc2c1nc(N1CCCCC1)n2C1O[C@@H](CO)[C@H](O)[C@@H]1O. The van der Waals surface area contributed by atoms with Gasteiger partial charge in [-0.2, -0.15) is 0 Å². The number of nitrogens with one attached hydrogen (secondary N) is 1. The highest BCUT2D eigenvalue weighted by Gasteiger charge is 2.45. The molecule has 2 aromatic heterocycles. The lowest BCUT2D eigenvalue weighted by atomic mass is 10.1. The van der Waals surface area contributed by atoms with Crippen molar-refractivity contribution in [3.63, 3.8) is 0 Å². The molecule has 4 atom stereocenters. The maximum absolute atomic E-state index is 12.1. The highest BCUT2D eigenvalue weighted by molar-refractivity contribution is 5.73. The number of H-pyrrole nitrogens is 1. The number of aliphatic hydroxyl groups excluding tert-OH is 3. The summed E-state index contributed by atoms with van der Waals surface area (Å²) < 4.78 is 7.21. The van der Waals surface area contributed by atoms with Gasteiger partial charge in [-0.3, -0.25) is 9.36 Å². The molecule has 0 aliphatic carbocycles. The van der Waals surface area contributed by atoms with Crippen molar-refractivity contribution in [2.45, 2.75) is 43.8 Å². The smallest absolute Gasteiger partial charge is 0.278 e. The first-order valence-electron chi connectivity index (χ1n) is 8.45. The van der Waals surface area contributed by atoms with E-state index in [0.717, 1.165) is 32.4 Å². The topological polar surface area (TPSA) is 137 Å². The van der Waals surface area contributed by atoms with Crippen molar-refractivity contribution in [2.75, 3.05) is 24.6 Å². The van der Waals surface area contributed by atoms with E-state index >= 15 is 0 Å². The van der Waals surface area contributed by atoms with E-state index in [1.54, 1.807) is 4.57 Å². The van der Waals surface area contributed by atoms with Gasteiger partial charge in [-0.25, -0.2) is 9.97 Å². The molecule has 10 heteroatoms. The summed E-state index contributed by atoms with van der Waals surface area (Å²) in [6.07, 6.45) is 0.0132. The quantitative estimate of drug-likeness (QED) is 0.537.